The van der Waals surface area contributed by atoms with Gasteiger partial charge in [-0.2, -0.15) is 13.2 Å². The van der Waals surface area contributed by atoms with Crippen molar-refractivity contribution >= 4 is 6.29 Å². The Balaban J connectivity index is 3.03. The highest BCUT2D eigenvalue weighted by atomic mass is 19.4. The van der Waals surface area contributed by atoms with Gasteiger partial charge in [-0.3, -0.25) is 4.79 Å². The minimum atomic E-state index is -4.62. The highest BCUT2D eigenvalue weighted by Crippen LogP contribution is 2.37. The van der Waals surface area contributed by atoms with E-state index in [1.807, 2.05) is 0 Å². The molecule has 0 amide bonds. The molecule has 20 heavy (non-hydrogen) atoms. The van der Waals surface area contributed by atoms with E-state index < -0.39 is 17.3 Å². The van der Waals surface area contributed by atoms with Gasteiger partial charge in [0.25, 0.3) is 0 Å². The topological polar surface area (TPSA) is 46.5 Å². The standard InChI is InChI=1S/C14H17F3O3/c1-3-13(19,4-2)9-20-12-6-5-10(8-18)7-11(12)14(15,16)17/h5-8,19H,3-4,9H2,1-2H3. The Labute approximate surface area is 115 Å². The zero-order valence-corrected chi connectivity index (χ0v) is 11.3. The Hall–Kier alpha value is -1.56. The van der Waals surface area contributed by atoms with E-state index in [9.17, 15) is 23.1 Å². The summed E-state index contributed by atoms with van der Waals surface area (Å²) in [5.74, 6) is -0.386. The molecular formula is C14H17F3O3. The lowest BCUT2D eigenvalue weighted by atomic mass is 9.99. The number of benzene rings is 1. The minimum absolute atomic E-state index is 0.0779. The summed E-state index contributed by atoms with van der Waals surface area (Å²) < 4.78 is 43.8. The summed E-state index contributed by atoms with van der Waals surface area (Å²) in [6.45, 7) is 3.23. The number of hydrogen-bond donors (Lipinski definition) is 1. The Kier molecular flexibility index (Phi) is 5.16. The van der Waals surface area contributed by atoms with Crippen molar-refractivity contribution in [2.45, 2.75) is 38.5 Å². The van der Waals surface area contributed by atoms with E-state index in [1.54, 1.807) is 13.8 Å². The Morgan fingerprint density at radius 2 is 1.85 bits per heavy atom. The van der Waals surface area contributed by atoms with E-state index in [0.29, 0.717) is 19.1 Å². The first-order valence-corrected chi connectivity index (χ1v) is 6.27. The third-order valence-corrected chi connectivity index (χ3v) is 3.26. The van der Waals surface area contributed by atoms with Gasteiger partial charge in [0, 0.05) is 5.56 Å². The van der Waals surface area contributed by atoms with Crippen LogP contribution >= 0.6 is 0 Å². The highest BCUT2D eigenvalue weighted by Gasteiger charge is 2.35. The summed E-state index contributed by atoms with van der Waals surface area (Å²) in [5.41, 5.74) is -2.26. The molecule has 0 unspecified atom stereocenters. The van der Waals surface area contributed by atoms with Crippen molar-refractivity contribution in [3.63, 3.8) is 0 Å². The molecule has 0 aromatic heterocycles. The minimum Gasteiger partial charge on any atom is -0.490 e. The lowest BCUT2D eigenvalue weighted by Crippen LogP contribution is -2.34. The van der Waals surface area contributed by atoms with Crippen molar-refractivity contribution in [3.05, 3.63) is 29.3 Å². The normalized spacial score (nSPS) is 12.3. The van der Waals surface area contributed by atoms with Gasteiger partial charge in [0.15, 0.2) is 0 Å². The van der Waals surface area contributed by atoms with Crippen LogP contribution in [0.5, 0.6) is 5.75 Å². The second-order valence-electron chi connectivity index (χ2n) is 4.59. The van der Waals surface area contributed by atoms with Crippen LogP contribution in [0.15, 0.2) is 18.2 Å². The molecule has 0 aliphatic rings. The molecular weight excluding hydrogens is 273 g/mol. The number of halogens is 3. The first-order valence-electron chi connectivity index (χ1n) is 6.27. The molecule has 6 heteroatoms. The molecule has 0 saturated carbocycles. The first kappa shape index (κ1) is 16.5. The number of ether oxygens (including phenoxy) is 1. The van der Waals surface area contributed by atoms with E-state index in [1.165, 1.54) is 6.07 Å². The van der Waals surface area contributed by atoms with E-state index in [-0.39, 0.29) is 17.9 Å². The number of aldehydes is 1. The van der Waals surface area contributed by atoms with Gasteiger partial charge in [-0.1, -0.05) is 13.8 Å². The number of rotatable bonds is 6. The summed E-state index contributed by atoms with van der Waals surface area (Å²) in [6.07, 6.45) is -3.53. The first-order chi connectivity index (χ1) is 9.25. The molecule has 0 bridgehead atoms. The van der Waals surface area contributed by atoms with Crippen LogP contribution in [0.25, 0.3) is 0 Å². The number of aliphatic hydroxyl groups is 1. The van der Waals surface area contributed by atoms with Gasteiger partial charge in [0.2, 0.25) is 0 Å². The van der Waals surface area contributed by atoms with Crippen molar-refractivity contribution in [2.75, 3.05) is 6.61 Å². The van der Waals surface area contributed by atoms with Gasteiger partial charge >= 0.3 is 6.18 Å². The smallest absolute Gasteiger partial charge is 0.419 e. The second-order valence-corrected chi connectivity index (χ2v) is 4.59. The average Bonchev–Trinajstić information content (AvgIpc) is 2.43. The molecule has 0 radical (unpaired) electrons. The molecule has 0 aliphatic heterocycles. The fourth-order valence-corrected chi connectivity index (χ4v) is 1.63. The van der Waals surface area contributed by atoms with Gasteiger partial charge in [-0.05, 0) is 31.0 Å². The second kappa shape index (κ2) is 6.26. The average molecular weight is 290 g/mol. The molecule has 1 aromatic rings. The molecule has 0 heterocycles. The number of carbonyl (C=O) groups is 1. The van der Waals surface area contributed by atoms with E-state index in [4.69, 9.17) is 4.74 Å². The summed E-state index contributed by atoms with van der Waals surface area (Å²) in [4.78, 5) is 10.6. The van der Waals surface area contributed by atoms with Crippen LogP contribution in [0.2, 0.25) is 0 Å². The van der Waals surface area contributed by atoms with Crippen LogP contribution < -0.4 is 4.74 Å². The van der Waals surface area contributed by atoms with Crippen LogP contribution in [0.3, 0.4) is 0 Å². The zero-order valence-electron chi connectivity index (χ0n) is 11.3. The van der Waals surface area contributed by atoms with Crippen LogP contribution in [-0.4, -0.2) is 23.6 Å². The maximum absolute atomic E-state index is 12.9. The van der Waals surface area contributed by atoms with Crippen molar-refractivity contribution < 1.29 is 27.8 Å². The Morgan fingerprint density at radius 3 is 2.30 bits per heavy atom. The maximum Gasteiger partial charge on any atom is 0.419 e. The zero-order chi connectivity index (χ0) is 15.4. The fourth-order valence-electron chi connectivity index (χ4n) is 1.63. The fraction of sp³-hybridized carbons (Fsp3) is 0.500. The van der Waals surface area contributed by atoms with Crippen molar-refractivity contribution in [2.24, 2.45) is 0 Å². The third kappa shape index (κ3) is 3.96. The summed E-state index contributed by atoms with van der Waals surface area (Å²) in [7, 11) is 0. The maximum atomic E-state index is 12.9. The van der Waals surface area contributed by atoms with Crippen LogP contribution in [0.1, 0.15) is 42.6 Å². The van der Waals surface area contributed by atoms with E-state index in [0.717, 1.165) is 12.1 Å². The predicted octanol–water partition coefficient (Wildman–Crippen LogP) is 3.45. The Morgan fingerprint density at radius 1 is 1.25 bits per heavy atom. The molecule has 1 rings (SSSR count). The Bertz CT molecular complexity index is 465. The summed E-state index contributed by atoms with van der Waals surface area (Å²) >= 11 is 0. The number of hydrogen-bond acceptors (Lipinski definition) is 3. The molecule has 3 nitrogen and oxygen atoms in total. The largest absolute Gasteiger partial charge is 0.490 e. The monoisotopic (exact) mass is 290 g/mol. The summed E-state index contributed by atoms with van der Waals surface area (Å²) in [6, 6.07) is 3.08. The molecule has 1 aromatic carbocycles. The van der Waals surface area contributed by atoms with Crippen LogP contribution in [-0.2, 0) is 6.18 Å². The van der Waals surface area contributed by atoms with E-state index in [2.05, 4.69) is 0 Å². The molecule has 1 N–H and O–H groups in total. The lowest BCUT2D eigenvalue weighted by molar-refractivity contribution is -0.139. The van der Waals surface area contributed by atoms with Crippen molar-refractivity contribution in [1.29, 1.82) is 0 Å². The van der Waals surface area contributed by atoms with Gasteiger partial charge in [0.1, 0.15) is 18.6 Å². The number of alkyl halides is 3. The van der Waals surface area contributed by atoms with Gasteiger partial charge in [-0.25, -0.2) is 0 Å². The molecule has 0 aliphatic carbocycles. The predicted molar refractivity (Wildman–Crippen MR) is 67.9 cm³/mol. The van der Waals surface area contributed by atoms with Gasteiger partial charge in [0.05, 0.1) is 11.2 Å². The van der Waals surface area contributed by atoms with Gasteiger partial charge < -0.3 is 9.84 Å². The summed E-state index contributed by atoms with van der Waals surface area (Å²) in [5, 5.41) is 10.0. The molecule has 112 valence electrons. The van der Waals surface area contributed by atoms with Crippen molar-refractivity contribution in [3.8, 4) is 5.75 Å². The SMILES string of the molecule is CCC(O)(CC)COc1ccc(C=O)cc1C(F)(F)F. The lowest BCUT2D eigenvalue weighted by Gasteiger charge is -2.26. The number of carbonyl (C=O) groups excluding carboxylic acids is 1. The molecule has 0 saturated heterocycles. The quantitative estimate of drug-likeness (QED) is 0.816. The highest BCUT2D eigenvalue weighted by molar-refractivity contribution is 5.75. The molecule has 0 spiro atoms. The van der Waals surface area contributed by atoms with Gasteiger partial charge in [-0.15, -0.1) is 0 Å². The van der Waals surface area contributed by atoms with Crippen molar-refractivity contribution in [1.82, 2.24) is 0 Å². The van der Waals surface area contributed by atoms with E-state index >= 15 is 0 Å². The van der Waals surface area contributed by atoms with Crippen LogP contribution in [0, 0.1) is 0 Å². The van der Waals surface area contributed by atoms with Crippen LogP contribution in [0.4, 0.5) is 13.2 Å². The third-order valence-electron chi connectivity index (χ3n) is 3.26. The molecule has 0 atom stereocenters. The molecule has 0 fully saturated rings.